The zero-order chi connectivity index (χ0) is 10.8. The van der Waals surface area contributed by atoms with Gasteiger partial charge in [-0.2, -0.15) is 0 Å². The summed E-state index contributed by atoms with van der Waals surface area (Å²) in [5, 5.41) is 0. The van der Waals surface area contributed by atoms with Crippen LogP contribution in [0, 0.1) is 0 Å². The molecule has 3 heteroatoms. The van der Waals surface area contributed by atoms with E-state index in [0.717, 1.165) is 11.5 Å². The fraction of sp³-hybridized carbons (Fsp3) is 0.636. The van der Waals surface area contributed by atoms with Crippen molar-refractivity contribution >= 4 is 0 Å². The Morgan fingerprint density at radius 3 is 2.57 bits per heavy atom. The molecule has 0 aliphatic heterocycles. The molecule has 0 unspecified atom stereocenters. The third kappa shape index (κ3) is 2.29. The molecule has 1 aromatic rings. The molecule has 0 aliphatic carbocycles. The largest absolute Gasteiger partial charge is 0.329 e. The Balaban J connectivity index is 3.05. The molecule has 0 spiro atoms. The number of hydrogen-bond donors (Lipinski definition) is 1. The van der Waals surface area contributed by atoms with Crippen LogP contribution >= 0.6 is 0 Å². The molecule has 78 valence electrons. The van der Waals surface area contributed by atoms with Crippen LogP contribution in [-0.2, 0) is 5.41 Å². The van der Waals surface area contributed by atoms with Gasteiger partial charge in [-0.05, 0) is 12.0 Å². The first kappa shape index (κ1) is 11.1. The highest BCUT2D eigenvalue weighted by molar-refractivity contribution is 5.12. The Hall–Kier alpha value is -0.960. The van der Waals surface area contributed by atoms with Crippen LogP contribution in [0.4, 0.5) is 0 Å². The van der Waals surface area contributed by atoms with E-state index in [2.05, 4.69) is 37.7 Å². The van der Waals surface area contributed by atoms with Gasteiger partial charge in [-0.3, -0.25) is 0 Å². The zero-order valence-electron chi connectivity index (χ0n) is 9.41. The standard InChI is InChI=1S/C11H19N3/c1-8(2)9-5-6-13-10(14-9)11(3,4)7-12/h5-6,8H,7,12H2,1-4H3. The number of hydrogen-bond acceptors (Lipinski definition) is 3. The van der Waals surface area contributed by atoms with Crippen LogP contribution in [0.15, 0.2) is 12.3 Å². The molecule has 1 aromatic heterocycles. The molecule has 0 bridgehead atoms. The van der Waals surface area contributed by atoms with Crippen molar-refractivity contribution in [3.05, 3.63) is 23.8 Å². The molecule has 0 amide bonds. The normalized spacial score (nSPS) is 12.1. The van der Waals surface area contributed by atoms with Gasteiger partial charge >= 0.3 is 0 Å². The van der Waals surface area contributed by atoms with Gasteiger partial charge in [0.25, 0.3) is 0 Å². The molecule has 0 radical (unpaired) electrons. The van der Waals surface area contributed by atoms with Crippen LogP contribution < -0.4 is 5.73 Å². The summed E-state index contributed by atoms with van der Waals surface area (Å²) >= 11 is 0. The van der Waals surface area contributed by atoms with Gasteiger partial charge in [0.1, 0.15) is 5.82 Å². The van der Waals surface area contributed by atoms with E-state index in [9.17, 15) is 0 Å². The fourth-order valence-corrected chi connectivity index (χ4v) is 1.11. The van der Waals surface area contributed by atoms with Gasteiger partial charge in [-0.1, -0.05) is 27.7 Å². The zero-order valence-corrected chi connectivity index (χ0v) is 9.41. The van der Waals surface area contributed by atoms with Crippen molar-refractivity contribution in [1.82, 2.24) is 9.97 Å². The first-order chi connectivity index (χ1) is 6.47. The molecule has 0 saturated carbocycles. The average molecular weight is 193 g/mol. The molecular formula is C11H19N3. The van der Waals surface area contributed by atoms with Crippen molar-refractivity contribution in [2.75, 3.05) is 6.54 Å². The number of rotatable bonds is 3. The lowest BCUT2D eigenvalue weighted by molar-refractivity contribution is 0.497. The lowest BCUT2D eigenvalue weighted by Crippen LogP contribution is -2.30. The van der Waals surface area contributed by atoms with Gasteiger partial charge < -0.3 is 5.73 Å². The Labute approximate surface area is 85.8 Å². The van der Waals surface area contributed by atoms with Crippen LogP contribution in [0.3, 0.4) is 0 Å². The van der Waals surface area contributed by atoms with Crippen LogP contribution in [0.5, 0.6) is 0 Å². The minimum absolute atomic E-state index is 0.134. The minimum Gasteiger partial charge on any atom is -0.329 e. The lowest BCUT2D eigenvalue weighted by Gasteiger charge is -2.21. The van der Waals surface area contributed by atoms with Crippen molar-refractivity contribution in [2.45, 2.75) is 39.0 Å². The maximum atomic E-state index is 5.68. The number of aromatic nitrogens is 2. The second-order valence-corrected chi connectivity index (χ2v) is 4.55. The third-order valence-electron chi connectivity index (χ3n) is 2.38. The molecule has 2 N–H and O–H groups in total. The van der Waals surface area contributed by atoms with Gasteiger partial charge in [0, 0.05) is 23.9 Å². The summed E-state index contributed by atoms with van der Waals surface area (Å²) in [6.45, 7) is 8.94. The summed E-state index contributed by atoms with van der Waals surface area (Å²) in [4.78, 5) is 8.80. The monoisotopic (exact) mass is 193 g/mol. The Bertz CT molecular complexity index is 305. The molecule has 0 atom stereocenters. The van der Waals surface area contributed by atoms with Gasteiger partial charge in [0.05, 0.1) is 0 Å². The molecule has 14 heavy (non-hydrogen) atoms. The summed E-state index contributed by atoms with van der Waals surface area (Å²) in [7, 11) is 0. The van der Waals surface area contributed by atoms with E-state index in [1.807, 2.05) is 12.3 Å². The molecule has 0 fully saturated rings. The summed E-state index contributed by atoms with van der Waals surface area (Å²) < 4.78 is 0. The maximum Gasteiger partial charge on any atom is 0.135 e. The van der Waals surface area contributed by atoms with Gasteiger partial charge in [-0.15, -0.1) is 0 Å². The van der Waals surface area contributed by atoms with Crippen molar-refractivity contribution in [3.8, 4) is 0 Å². The summed E-state index contributed by atoms with van der Waals surface area (Å²) in [6.07, 6.45) is 1.81. The van der Waals surface area contributed by atoms with Crippen LogP contribution in [0.1, 0.15) is 45.1 Å². The van der Waals surface area contributed by atoms with E-state index in [4.69, 9.17) is 5.73 Å². The molecule has 3 nitrogen and oxygen atoms in total. The Kier molecular flexibility index (Phi) is 3.21. The van der Waals surface area contributed by atoms with E-state index < -0.39 is 0 Å². The van der Waals surface area contributed by atoms with Crippen molar-refractivity contribution in [2.24, 2.45) is 5.73 Å². The topological polar surface area (TPSA) is 51.8 Å². The average Bonchev–Trinajstić information content (AvgIpc) is 2.18. The Morgan fingerprint density at radius 2 is 2.07 bits per heavy atom. The van der Waals surface area contributed by atoms with E-state index in [1.165, 1.54) is 0 Å². The van der Waals surface area contributed by atoms with Gasteiger partial charge in [0.2, 0.25) is 0 Å². The highest BCUT2D eigenvalue weighted by atomic mass is 14.9. The van der Waals surface area contributed by atoms with E-state index in [1.54, 1.807) is 0 Å². The highest BCUT2D eigenvalue weighted by Gasteiger charge is 2.22. The van der Waals surface area contributed by atoms with Crippen molar-refractivity contribution in [1.29, 1.82) is 0 Å². The molecule has 0 saturated heterocycles. The van der Waals surface area contributed by atoms with Gasteiger partial charge in [0.15, 0.2) is 0 Å². The number of nitrogens with zero attached hydrogens (tertiary/aromatic N) is 2. The van der Waals surface area contributed by atoms with Crippen LogP contribution in [0.25, 0.3) is 0 Å². The van der Waals surface area contributed by atoms with Crippen LogP contribution in [-0.4, -0.2) is 16.5 Å². The predicted molar refractivity (Wildman–Crippen MR) is 58.2 cm³/mol. The minimum atomic E-state index is -0.134. The second kappa shape index (κ2) is 4.05. The quantitative estimate of drug-likeness (QED) is 0.796. The molecule has 1 rings (SSSR count). The highest BCUT2D eigenvalue weighted by Crippen LogP contribution is 2.19. The first-order valence-corrected chi connectivity index (χ1v) is 5.01. The smallest absolute Gasteiger partial charge is 0.135 e. The van der Waals surface area contributed by atoms with Gasteiger partial charge in [-0.25, -0.2) is 9.97 Å². The van der Waals surface area contributed by atoms with Crippen LogP contribution in [0.2, 0.25) is 0 Å². The lowest BCUT2D eigenvalue weighted by atomic mass is 9.92. The van der Waals surface area contributed by atoms with E-state index in [0.29, 0.717) is 12.5 Å². The van der Waals surface area contributed by atoms with E-state index >= 15 is 0 Å². The molecular weight excluding hydrogens is 174 g/mol. The van der Waals surface area contributed by atoms with Crippen molar-refractivity contribution in [3.63, 3.8) is 0 Å². The van der Waals surface area contributed by atoms with E-state index in [-0.39, 0.29) is 5.41 Å². The molecule has 0 aromatic carbocycles. The Morgan fingerprint density at radius 1 is 1.43 bits per heavy atom. The molecule has 0 aliphatic rings. The summed E-state index contributed by atoms with van der Waals surface area (Å²) in [5.74, 6) is 1.27. The maximum absolute atomic E-state index is 5.68. The fourth-order valence-electron chi connectivity index (χ4n) is 1.11. The first-order valence-electron chi connectivity index (χ1n) is 5.01. The third-order valence-corrected chi connectivity index (χ3v) is 2.38. The summed E-state index contributed by atoms with van der Waals surface area (Å²) in [5.41, 5.74) is 6.63. The predicted octanol–water partition coefficient (Wildman–Crippen LogP) is 1.84. The SMILES string of the molecule is CC(C)c1ccnc(C(C)(C)CN)n1. The number of nitrogens with two attached hydrogens (primary N) is 1. The molecule has 1 heterocycles. The second-order valence-electron chi connectivity index (χ2n) is 4.55. The van der Waals surface area contributed by atoms with Crippen molar-refractivity contribution < 1.29 is 0 Å². The summed E-state index contributed by atoms with van der Waals surface area (Å²) in [6, 6.07) is 1.96.